The van der Waals surface area contributed by atoms with Gasteiger partial charge in [-0.2, -0.15) is 4.37 Å². The highest BCUT2D eigenvalue weighted by atomic mass is 32.1. The summed E-state index contributed by atoms with van der Waals surface area (Å²) in [5.41, 5.74) is 7.99. The summed E-state index contributed by atoms with van der Waals surface area (Å²) < 4.78 is 4.24. The molecule has 0 aliphatic heterocycles. The van der Waals surface area contributed by atoms with Crippen LogP contribution in [-0.2, 0) is 0 Å². The zero-order chi connectivity index (χ0) is 15.3. The summed E-state index contributed by atoms with van der Waals surface area (Å²) >= 11 is 1.37. The van der Waals surface area contributed by atoms with Crippen molar-refractivity contribution in [2.75, 3.05) is 24.2 Å². The second-order valence-corrected chi connectivity index (χ2v) is 6.63. The number of aliphatic hydroxyl groups is 1. The van der Waals surface area contributed by atoms with Crippen LogP contribution in [0.3, 0.4) is 0 Å². The monoisotopic (exact) mass is 306 g/mol. The van der Waals surface area contributed by atoms with Crippen molar-refractivity contribution < 1.29 is 5.11 Å². The van der Waals surface area contributed by atoms with E-state index in [4.69, 9.17) is 10.8 Å². The van der Waals surface area contributed by atoms with E-state index in [0.717, 1.165) is 35.5 Å². The van der Waals surface area contributed by atoms with Crippen LogP contribution in [-0.4, -0.2) is 27.6 Å². The maximum Gasteiger partial charge on any atom is 0.147 e. The van der Waals surface area contributed by atoms with Crippen LogP contribution in [0, 0.1) is 5.41 Å². The zero-order valence-electron chi connectivity index (χ0n) is 12.5. The molecule has 0 radical (unpaired) electrons. The molecule has 0 unspecified atom stereocenters. The molecule has 0 saturated carbocycles. The van der Waals surface area contributed by atoms with Gasteiger partial charge in [0.25, 0.3) is 0 Å². The average molecular weight is 306 g/mol. The topological polar surface area (TPSA) is 84.1 Å². The number of anilines is 2. The smallest absolute Gasteiger partial charge is 0.147 e. The molecule has 0 fully saturated rings. The van der Waals surface area contributed by atoms with E-state index in [9.17, 15) is 0 Å². The summed E-state index contributed by atoms with van der Waals surface area (Å²) in [6, 6.07) is 3.87. The second kappa shape index (κ2) is 6.87. The minimum atomic E-state index is 0.105. The lowest BCUT2D eigenvalue weighted by Crippen LogP contribution is -2.23. The van der Waals surface area contributed by atoms with Crippen LogP contribution < -0.4 is 11.1 Å². The van der Waals surface area contributed by atoms with Gasteiger partial charge in [0.2, 0.25) is 0 Å². The number of rotatable bonds is 7. The molecule has 21 heavy (non-hydrogen) atoms. The molecule has 114 valence electrons. The molecule has 0 bridgehead atoms. The summed E-state index contributed by atoms with van der Waals surface area (Å²) in [4.78, 5) is 4.14. The standard InChI is InChI=1S/C15H22N4OS/c1-15(2,6-4-8-20)10-18-14-12(13(16)19-21-14)11-5-3-7-17-9-11/h3,5,7,9,18,20H,4,6,8,10H2,1-2H3,(H2,16,19). The van der Waals surface area contributed by atoms with Crippen LogP contribution in [0.2, 0.25) is 0 Å². The molecule has 4 N–H and O–H groups in total. The molecule has 0 atom stereocenters. The lowest BCUT2D eigenvalue weighted by molar-refractivity contribution is 0.248. The minimum absolute atomic E-state index is 0.105. The lowest BCUT2D eigenvalue weighted by Gasteiger charge is -2.25. The molecule has 0 spiro atoms. The highest BCUT2D eigenvalue weighted by Gasteiger charge is 2.20. The third-order valence-electron chi connectivity index (χ3n) is 3.41. The molecule has 0 aliphatic carbocycles. The molecule has 2 aromatic rings. The summed E-state index contributed by atoms with van der Waals surface area (Å²) in [6.07, 6.45) is 5.31. The summed E-state index contributed by atoms with van der Waals surface area (Å²) in [5, 5.41) is 13.4. The van der Waals surface area contributed by atoms with Gasteiger partial charge in [-0.15, -0.1) is 0 Å². The van der Waals surface area contributed by atoms with E-state index in [1.807, 2.05) is 12.1 Å². The van der Waals surface area contributed by atoms with Gasteiger partial charge >= 0.3 is 0 Å². The van der Waals surface area contributed by atoms with E-state index >= 15 is 0 Å². The molecule has 2 heterocycles. The number of nitrogens with one attached hydrogen (secondary N) is 1. The van der Waals surface area contributed by atoms with Crippen LogP contribution in [0.15, 0.2) is 24.5 Å². The van der Waals surface area contributed by atoms with Crippen molar-refractivity contribution in [2.24, 2.45) is 5.41 Å². The number of aliphatic hydroxyl groups excluding tert-OH is 1. The molecule has 0 saturated heterocycles. The number of nitrogen functional groups attached to an aromatic ring is 1. The van der Waals surface area contributed by atoms with E-state index < -0.39 is 0 Å². The number of pyridine rings is 1. The van der Waals surface area contributed by atoms with Crippen LogP contribution in [0.5, 0.6) is 0 Å². The normalized spacial score (nSPS) is 11.6. The van der Waals surface area contributed by atoms with Crippen molar-refractivity contribution in [1.82, 2.24) is 9.36 Å². The van der Waals surface area contributed by atoms with Crippen LogP contribution in [0.4, 0.5) is 10.8 Å². The van der Waals surface area contributed by atoms with Gasteiger partial charge in [0, 0.05) is 31.1 Å². The highest BCUT2D eigenvalue weighted by molar-refractivity contribution is 7.11. The predicted molar refractivity (Wildman–Crippen MR) is 88.3 cm³/mol. The zero-order valence-corrected chi connectivity index (χ0v) is 13.3. The van der Waals surface area contributed by atoms with Gasteiger partial charge in [0.15, 0.2) is 0 Å². The molecule has 0 aromatic carbocycles. The molecule has 2 rings (SSSR count). The number of aromatic nitrogens is 2. The maximum absolute atomic E-state index is 8.96. The van der Waals surface area contributed by atoms with Crippen molar-refractivity contribution in [3.8, 4) is 11.1 Å². The molecule has 0 amide bonds. The Bertz CT molecular complexity index is 568. The van der Waals surface area contributed by atoms with E-state index in [1.54, 1.807) is 12.4 Å². The van der Waals surface area contributed by atoms with Crippen LogP contribution >= 0.6 is 11.5 Å². The van der Waals surface area contributed by atoms with Crippen LogP contribution in [0.1, 0.15) is 26.7 Å². The van der Waals surface area contributed by atoms with Gasteiger partial charge in [-0.3, -0.25) is 4.98 Å². The number of nitrogens with two attached hydrogens (primary N) is 1. The van der Waals surface area contributed by atoms with E-state index in [0.29, 0.717) is 5.82 Å². The number of hydrogen-bond donors (Lipinski definition) is 3. The lowest BCUT2D eigenvalue weighted by atomic mass is 9.88. The van der Waals surface area contributed by atoms with Crippen molar-refractivity contribution in [3.05, 3.63) is 24.5 Å². The van der Waals surface area contributed by atoms with Gasteiger partial charge < -0.3 is 16.2 Å². The Labute approximate surface area is 129 Å². The van der Waals surface area contributed by atoms with Gasteiger partial charge in [0.05, 0.1) is 5.56 Å². The quantitative estimate of drug-likeness (QED) is 0.732. The fourth-order valence-corrected chi connectivity index (χ4v) is 2.91. The number of hydrogen-bond acceptors (Lipinski definition) is 6. The van der Waals surface area contributed by atoms with Crippen LogP contribution in [0.25, 0.3) is 11.1 Å². The van der Waals surface area contributed by atoms with Crippen molar-refractivity contribution in [2.45, 2.75) is 26.7 Å². The van der Waals surface area contributed by atoms with Crippen molar-refractivity contribution in [3.63, 3.8) is 0 Å². The summed E-state index contributed by atoms with van der Waals surface area (Å²) in [5.74, 6) is 0.531. The third-order valence-corrected chi connectivity index (χ3v) is 4.23. The Morgan fingerprint density at radius 3 is 2.90 bits per heavy atom. The molecule has 2 aromatic heterocycles. The van der Waals surface area contributed by atoms with Gasteiger partial charge in [-0.25, -0.2) is 0 Å². The average Bonchev–Trinajstić information content (AvgIpc) is 2.85. The SMILES string of the molecule is CC(C)(CCCO)CNc1snc(N)c1-c1cccnc1. The Morgan fingerprint density at radius 2 is 2.24 bits per heavy atom. The maximum atomic E-state index is 8.96. The molecular formula is C15H22N4OS. The Kier molecular flexibility index (Phi) is 5.14. The summed E-state index contributed by atoms with van der Waals surface area (Å²) in [7, 11) is 0. The molecule has 6 heteroatoms. The van der Waals surface area contributed by atoms with Crippen molar-refractivity contribution >= 4 is 22.4 Å². The highest BCUT2D eigenvalue weighted by Crippen LogP contribution is 2.37. The van der Waals surface area contributed by atoms with E-state index in [1.165, 1.54) is 11.5 Å². The van der Waals surface area contributed by atoms with Gasteiger partial charge in [-0.1, -0.05) is 19.9 Å². The Hall–Kier alpha value is -1.66. The predicted octanol–water partition coefficient (Wildman–Crippen LogP) is 3.00. The first-order valence-electron chi connectivity index (χ1n) is 7.04. The largest absolute Gasteiger partial charge is 0.396 e. The second-order valence-electron chi connectivity index (χ2n) is 5.86. The molecular weight excluding hydrogens is 284 g/mol. The number of nitrogens with zero attached hydrogens (tertiary/aromatic N) is 2. The van der Waals surface area contributed by atoms with Crippen molar-refractivity contribution in [1.29, 1.82) is 0 Å². The van der Waals surface area contributed by atoms with E-state index in [2.05, 4.69) is 28.5 Å². The fourth-order valence-electron chi connectivity index (χ4n) is 2.18. The minimum Gasteiger partial charge on any atom is -0.396 e. The molecule has 5 nitrogen and oxygen atoms in total. The molecule has 0 aliphatic rings. The third kappa shape index (κ3) is 4.15. The first kappa shape index (κ1) is 15.7. The first-order valence-corrected chi connectivity index (χ1v) is 7.81. The Balaban J connectivity index is 2.12. The first-order chi connectivity index (χ1) is 10.0. The summed E-state index contributed by atoms with van der Waals surface area (Å²) in [6.45, 7) is 5.41. The van der Waals surface area contributed by atoms with Gasteiger partial charge in [0.1, 0.15) is 10.8 Å². The Morgan fingerprint density at radius 1 is 1.43 bits per heavy atom. The van der Waals surface area contributed by atoms with E-state index in [-0.39, 0.29) is 12.0 Å². The fraction of sp³-hybridized carbons (Fsp3) is 0.467. The van der Waals surface area contributed by atoms with Gasteiger partial charge in [-0.05, 0) is 35.9 Å².